The van der Waals surface area contributed by atoms with E-state index in [4.69, 9.17) is 10.5 Å². The third-order valence-electron chi connectivity index (χ3n) is 6.78. The van der Waals surface area contributed by atoms with Crippen LogP contribution in [0.15, 0.2) is 18.2 Å². The molecule has 36 heavy (non-hydrogen) atoms. The molecular weight excluding hydrogens is 482 g/mol. The third kappa shape index (κ3) is 8.30. The highest BCUT2D eigenvalue weighted by molar-refractivity contribution is 6.23. The van der Waals surface area contributed by atoms with Crippen molar-refractivity contribution in [2.75, 3.05) is 13.2 Å². The van der Waals surface area contributed by atoms with Crippen LogP contribution in [0, 0.1) is 0 Å². The van der Waals surface area contributed by atoms with Crippen molar-refractivity contribution in [3.05, 3.63) is 29.3 Å². The molecule has 3 rings (SSSR count). The molecule has 2 aliphatic heterocycles. The molecule has 4 amide bonds. The summed E-state index contributed by atoms with van der Waals surface area (Å²) in [5.41, 5.74) is 6.02. The summed E-state index contributed by atoms with van der Waals surface area (Å²) in [7, 11) is 0. The molecule has 1 aromatic carbocycles. The highest BCUT2D eigenvalue weighted by Gasteiger charge is 2.44. The Kier molecular flexibility index (Phi) is 12.9. The van der Waals surface area contributed by atoms with Crippen molar-refractivity contribution < 1.29 is 23.9 Å². The van der Waals surface area contributed by atoms with Crippen LogP contribution in [0.3, 0.4) is 0 Å². The number of amides is 4. The van der Waals surface area contributed by atoms with Gasteiger partial charge in [-0.2, -0.15) is 0 Å². The number of fused-ring (bicyclic) bond motifs is 1. The Labute approximate surface area is 220 Å². The Balaban J connectivity index is 0.00000456. The van der Waals surface area contributed by atoms with Crippen LogP contribution >= 0.6 is 12.4 Å². The topological polar surface area (TPSA) is 119 Å². The number of nitrogens with one attached hydrogen (secondary N) is 1. The summed E-state index contributed by atoms with van der Waals surface area (Å²) in [6.45, 7) is 1.37. The van der Waals surface area contributed by atoms with Crippen molar-refractivity contribution in [3.8, 4) is 5.75 Å². The minimum Gasteiger partial charge on any atom is -0.494 e. The second kappa shape index (κ2) is 15.6. The molecule has 8 nitrogen and oxygen atoms in total. The van der Waals surface area contributed by atoms with Gasteiger partial charge in [-0.15, -0.1) is 12.4 Å². The first kappa shape index (κ1) is 29.8. The van der Waals surface area contributed by atoms with Crippen LogP contribution in [0.4, 0.5) is 0 Å². The molecule has 0 spiro atoms. The van der Waals surface area contributed by atoms with Gasteiger partial charge in [-0.05, 0) is 44.0 Å². The normalized spacial score (nSPS) is 17.1. The number of nitrogens with two attached hydrogens (primary N) is 1. The second-order valence-electron chi connectivity index (χ2n) is 9.53. The summed E-state index contributed by atoms with van der Waals surface area (Å²) in [6.07, 6.45) is 15.0. The number of unbranched alkanes of at least 4 members (excludes halogenated alkanes) is 11. The summed E-state index contributed by atoms with van der Waals surface area (Å²) in [6, 6.07) is 3.89. The van der Waals surface area contributed by atoms with Crippen LogP contribution in [0.5, 0.6) is 5.75 Å². The van der Waals surface area contributed by atoms with E-state index in [0.29, 0.717) is 12.4 Å². The fourth-order valence-electron chi connectivity index (χ4n) is 4.74. The molecular formula is C27H40ClN3O5. The monoisotopic (exact) mass is 521 g/mol. The summed E-state index contributed by atoms with van der Waals surface area (Å²) in [5, 5.41) is 2.20. The highest BCUT2D eigenvalue weighted by Crippen LogP contribution is 2.30. The summed E-state index contributed by atoms with van der Waals surface area (Å²) >= 11 is 0. The maximum absolute atomic E-state index is 12.9. The minimum absolute atomic E-state index is 0. The summed E-state index contributed by atoms with van der Waals surface area (Å²) in [5.74, 6) is -1.46. The Hall–Kier alpha value is -2.45. The van der Waals surface area contributed by atoms with Gasteiger partial charge in [0.1, 0.15) is 11.8 Å². The van der Waals surface area contributed by atoms with Crippen molar-refractivity contribution in [1.29, 1.82) is 0 Å². The molecule has 1 unspecified atom stereocenters. The molecule has 1 atom stereocenters. The van der Waals surface area contributed by atoms with Crippen LogP contribution < -0.4 is 15.8 Å². The molecule has 1 fully saturated rings. The van der Waals surface area contributed by atoms with E-state index in [9.17, 15) is 19.2 Å². The molecule has 1 saturated heterocycles. The van der Waals surface area contributed by atoms with Gasteiger partial charge < -0.3 is 10.5 Å². The van der Waals surface area contributed by atoms with Crippen molar-refractivity contribution in [2.45, 2.75) is 95.9 Å². The van der Waals surface area contributed by atoms with Gasteiger partial charge in [0.15, 0.2) is 0 Å². The number of hydrogen-bond donors (Lipinski definition) is 2. The number of benzene rings is 1. The molecule has 9 heteroatoms. The Bertz CT molecular complexity index is 907. The standard InChI is InChI=1S/C27H39N3O5.ClH/c28-17-11-9-7-5-3-1-2-4-6-8-10-12-18-35-20-13-14-21-22(19-20)27(34)30(26(21)33)23-15-16-24(31)29-25(23)32;/h13-14,19,23H,1-12,15-18,28H2,(H,29,31,32);1H. The van der Waals surface area contributed by atoms with Crippen LogP contribution in [0.25, 0.3) is 0 Å². The number of hydrogen-bond acceptors (Lipinski definition) is 6. The van der Waals surface area contributed by atoms with Gasteiger partial charge in [0.2, 0.25) is 11.8 Å². The number of nitrogens with zero attached hydrogens (tertiary/aromatic N) is 1. The van der Waals surface area contributed by atoms with Gasteiger partial charge in [-0.3, -0.25) is 29.4 Å². The van der Waals surface area contributed by atoms with Gasteiger partial charge in [0.25, 0.3) is 11.8 Å². The molecule has 0 bridgehead atoms. The lowest BCUT2D eigenvalue weighted by Gasteiger charge is -2.27. The predicted molar refractivity (Wildman–Crippen MR) is 140 cm³/mol. The van der Waals surface area contributed by atoms with E-state index in [1.807, 2.05) is 0 Å². The lowest BCUT2D eigenvalue weighted by molar-refractivity contribution is -0.136. The molecule has 0 radical (unpaired) electrons. The Morgan fingerprint density at radius 2 is 1.36 bits per heavy atom. The van der Waals surface area contributed by atoms with Gasteiger partial charge >= 0.3 is 0 Å². The number of carbonyl (C=O) groups is 4. The number of imide groups is 2. The second-order valence-corrected chi connectivity index (χ2v) is 9.53. The number of rotatable bonds is 16. The molecule has 1 aromatic rings. The molecule has 2 aliphatic rings. The lowest BCUT2D eigenvalue weighted by Crippen LogP contribution is -2.54. The number of halogens is 1. The average Bonchev–Trinajstić information content (AvgIpc) is 3.09. The van der Waals surface area contributed by atoms with E-state index in [1.54, 1.807) is 18.2 Å². The SMILES string of the molecule is Cl.NCCCCCCCCCCCCCCOc1ccc2c(c1)C(=O)N(C1CCC(=O)NC1=O)C2=O. The first-order valence-electron chi connectivity index (χ1n) is 13.2. The van der Waals surface area contributed by atoms with E-state index in [-0.39, 0.29) is 42.3 Å². The van der Waals surface area contributed by atoms with Crippen LogP contribution in [-0.2, 0) is 9.59 Å². The molecule has 2 heterocycles. The minimum atomic E-state index is -0.953. The zero-order valence-electron chi connectivity index (χ0n) is 21.1. The van der Waals surface area contributed by atoms with E-state index >= 15 is 0 Å². The van der Waals surface area contributed by atoms with Crippen molar-refractivity contribution in [3.63, 3.8) is 0 Å². The largest absolute Gasteiger partial charge is 0.494 e. The van der Waals surface area contributed by atoms with Gasteiger partial charge in [0, 0.05) is 6.42 Å². The maximum Gasteiger partial charge on any atom is 0.262 e. The van der Waals surface area contributed by atoms with E-state index in [0.717, 1.165) is 30.7 Å². The quantitative estimate of drug-likeness (QED) is 0.244. The van der Waals surface area contributed by atoms with Gasteiger partial charge in [0.05, 0.1) is 17.7 Å². The van der Waals surface area contributed by atoms with Crippen molar-refractivity contribution in [2.24, 2.45) is 5.73 Å². The van der Waals surface area contributed by atoms with Crippen molar-refractivity contribution in [1.82, 2.24) is 10.2 Å². The predicted octanol–water partition coefficient (Wildman–Crippen LogP) is 4.53. The third-order valence-corrected chi connectivity index (χ3v) is 6.78. The zero-order valence-corrected chi connectivity index (χ0v) is 21.9. The first-order valence-corrected chi connectivity index (χ1v) is 13.2. The lowest BCUT2D eigenvalue weighted by atomic mass is 10.0. The maximum atomic E-state index is 12.9. The molecule has 0 saturated carbocycles. The molecule has 200 valence electrons. The van der Waals surface area contributed by atoms with Crippen LogP contribution in [-0.4, -0.2) is 47.7 Å². The summed E-state index contributed by atoms with van der Waals surface area (Å²) < 4.78 is 5.82. The Morgan fingerprint density at radius 3 is 1.94 bits per heavy atom. The molecule has 3 N–H and O–H groups in total. The molecule has 0 aliphatic carbocycles. The fraction of sp³-hybridized carbons (Fsp3) is 0.630. The van der Waals surface area contributed by atoms with Crippen LogP contribution in [0.1, 0.15) is 111 Å². The zero-order chi connectivity index (χ0) is 25.0. The number of ether oxygens (including phenoxy) is 1. The first-order chi connectivity index (χ1) is 17.0. The number of piperidine rings is 1. The Morgan fingerprint density at radius 1 is 0.806 bits per heavy atom. The van der Waals surface area contributed by atoms with Crippen molar-refractivity contribution >= 4 is 36.0 Å². The average molecular weight is 522 g/mol. The number of carbonyl (C=O) groups excluding carboxylic acids is 4. The fourth-order valence-corrected chi connectivity index (χ4v) is 4.74. The highest BCUT2D eigenvalue weighted by atomic mass is 35.5. The van der Waals surface area contributed by atoms with E-state index in [2.05, 4.69) is 5.32 Å². The van der Waals surface area contributed by atoms with Gasteiger partial charge in [-0.25, -0.2) is 0 Å². The van der Waals surface area contributed by atoms with E-state index in [1.165, 1.54) is 57.8 Å². The summed E-state index contributed by atoms with van der Waals surface area (Å²) in [4.78, 5) is 50.1. The van der Waals surface area contributed by atoms with Crippen LogP contribution in [0.2, 0.25) is 0 Å². The van der Waals surface area contributed by atoms with Gasteiger partial charge in [-0.1, -0.05) is 64.2 Å². The smallest absolute Gasteiger partial charge is 0.262 e. The van der Waals surface area contributed by atoms with E-state index < -0.39 is 23.8 Å². The molecule has 0 aromatic heterocycles.